The molecular formula is C19H27IN4O2S. The molecule has 0 amide bonds. The summed E-state index contributed by atoms with van der Waals surface area (Å²) < 4.78 is 26.8. The minimum atomic E-state index is -3.48. The van der Waals surface area contributed by atoms with Gasteiger partial charge in [0.2, 0.25) is 10.0 Å². The molecule has 6 nitrogen and oxygen atoms in total. The van der Waals surface area contributed by atoms with E-state index >= 15 is 0 Å². The van der Waals surface area contributed by atoms with Crippen LogP contribution in [-0.2, 0) is 10.0 Å². The molecule has 0 aliphatic carbocycles. The molecule has 8 heteroatoms. The Bertz CT molecular complexity index is 799. The molecule has 2 aromatic rings. The Kier molecular flexibility index (Phi) is 10.3. The number of hydrogen-bond donors (Lipinski definition) is 3. The van der Waals surface area contributed by atoms with E-state index in [2.05, 4.69) is 39.4 Å². The first kappa shape index (κ1) is 23.4. The molecule has 0 bridgehead atoms. The lowest BCUT2D eigenvalue weighted by molar-refractivity contribution is 0.580. The molecule has 148 valence electrons. The molecule has 0 aromatic heterocycles. The predicted octanol–water partition coefficient (Wildman–Crippen LogP) is 2.55. The number of nitrogens with one attached hydrogen (secondary N) is 3. The zero-order valence-electron chi connectivity index (χ0n) is 15.6. The molecule has 0 radical (unpaired) electrons. The van der Waals surface area contributed by atoms with Gasteiger partial charge in [0.1, 0.15) is 0 Å². The van der Waals surface area contributed by atoms with Crippen LogP contribution in [0.1, 0.15) is 18.4 Å². The van der Waals surface area contributed by atoms with Crippen LogP contribution in [0.4, 0.5) is 0 Å². The van der Waals surface area contributed by atoms with Crippen molar-refractivity contribution >= 4 is 40.0 Å². The average Bonchev–Trinajstić information content (AvgIpc) is 2.68. The fourth-order valence-electron chi connectivity index (χ4n) is 2.42. The fraction of sp³-hybridized carbons (Fsp3) is 0.316. The van der Waals surface area contributed by atoms with Gasteiger partial charge in [0.25, 0.3) is 0 Å². The van der Waals surface area contributed by atoms with E-state index in [1.165, 1.54) is 5.56 Å². The topological polar surface area (TPSA) is 82.6 Å². The fourth-order valence-corrected chi connectivity index (χ4v) is 3.47. The minimum Gasteiger partial charge on any atom is -0.356 e. The van der Waals surface area contributed by atoms with Crippen LogP contribution in [0.5, 0.6) is 0 Å². The van der Waals surface area contributed by atoms with Crippen LogP contribution in [-0.4, -0.2) is 41.1 Å². The summed E-state index contributed by atoms with van der Waals surface area (Å²) in [4.78, 5) is 4.43. The molecule has 2 rings (SSSR count). The third kappa shape index (κ3) is 7.86. The maximum Gasteiger partial charge on any atom is 0.240 e. The summed E-state index contributed by atoms with van der Waals surface area (Å²) in [6.45, 7) is 3.58. The summed E-state index contributed by atoms with van der Waals surface area (Å²) in [6, 6.07) is 18.6. The van der Waals surface area contributed by atoms with Crippen LogP contribution in [0.25, 0.3) is 0 Å². The molecule has 0 saturated heterocycles. The summed E-state index contributed by atoms with van der Waals surface area (Å²) >= 11 is 0. The molecule has 0 fully saturated rings. The lowest BCUT2D eigenvalue weighted by Crippen LogP contribution is -2.42. The molecule has 27 heavy (non-hydrogen) atoms. The first-order valence-electron chi connectivity index (χ1n) is 8.57. The van der Waals surface area contributed by atoms with Crippen molar-refractivity contribution in [3.05, 3.63) is 66.2 Å². The molecule has 0 aliphatic rings. The molecular weight excluding hydrogens is 475 g/mol. The van der Waals surface area contributed by atoms with Crippen LogP contribution < -0.4 is 15.4 Å². The van der Waals surface area contributed by atoms with Gasteiger partial charge in [-0.1, -0.05) is 55.5 Å². The summed E-state index contributed by atoms with van der Waals surface area (Å²) in [5.74, 6) is 0.984. The molecule has 0 aliphatic heterocycles. The number of guanidine groups is 1. The smallest absolute Gasteiger partial charge is 0.240 e. The molecule has 2 aromatic carbocycles. The van der Waals surface area contributed by atoms with E-state index in [1.807, 2.05) is 18.2 Å². The number of rotatable bonds is 8. The summed E-state index contributed by atoms with van der Waals surface area (Å²) in [5.41, 5.74) is 1.26. The second kappa shape index (κ2) is 11.9. The first-order chi connectivity index (χ1) is 12.5. The molecule has 0 heterocycles. The van der Waals surface area contributed by atoms with Gasteiger partial charge in [-0.2, -0.15) is 0 Å². The Morgan fingerprint density at radius 1 is 0.963 bits per heavy atom. The quantitative estimate of drug-likeness (QED) is 0.224. The Hall–Kier alpha value is -1.65. The van der Waals surface area contributed by atoms with Crippen molar-refractivity contribution in [2.45, 2.75) is 17.7 Å². The number of hydrogen-bond acceptors (Lipinski definition) is 3. The highest BCUT2D eigenvalue weighted by atomic mass is 127. The van der Waals surface area contributed by atoms with E-state index in [0.717, 1.165) is 6.54 Å². The van der Waals surface area contributed by atoms with Gasteiger partial charge in [0.15, 0.2) is 5.96 Å². The van der Waals surface area contributed by atoms with Crippen molar-refractivity contribution in [2.75, 3.05) is 26.7 Å². The van der Waals surface area contributed by atoms with Crippen molar-refractivity contribution in [3.8, 4) is 0 Å². The van der Waals surface area contributed by atoms with E-state index in [-0.39, 0.29) is 35.4 Å². The lowest BCUT2D eigenvalue weighted by Gasteiger charge is -2.16. The Morgan fingerprint density at radius 2 is 1.56 bits per heavy atom. The number of aliphatic imine (C=N–C) groups is 1. The third-order valence-corrected chi connectivity index (χ3v) is 5.41. The second-order valence-electron chi connectivity index (χ2n) is 5.90. The Morgan fingerprint density at radius 3 is 2.15 bits per heavy atom. The lowest BCUT2D eigenvalue weighted by atomic mass is 10.0. The van der Waals surface area contributed by atoms with Crippen molar-refractivity contribution in [1.82, 2.24) is 15.4 Å². The molecule has 0 spiro atoms. The van der Waals surface area contributed by atoms with Gasteiger partial charge in [0, 0.05) is 26.7 Å². The number of nitrogens with zero attached hydrogens (tertiary/aromatic N) is 1. The largest absolute Gasteiger partial charge is 0.356 e. The van der Waals surface area contributed by atoms with Crippen LogP contribution in [0.15, 0.2) is 70.6 Å². The Balaban J connectivity index is 0.00000364. The second-order valence-corrected chi connectivity index (χ2v) is 7.67. The van der Waals surface area contributed by atoms with E-state index in [0.29, 0.717) is 18.4 Å². The van der Waals surface area contributed by atoms with E-state index in [4.69, 9.17) is 0 Å². The standard InChI is InChI=1S/C19H26N4O2S.HI/c1-16(17-9-5-3-6-10-17)15-22-19(20-2)21-13-14-23-26(24,25)18-11-7-4-8-12-18;/h3-12,16,23H,13-15H2,1-2H3,(H2,20,21,22);1H. The number of sulfonamides is 1. The zero-order chi connectivity index (χ0) is 18.8. The SMILES string of the molecule is CN=C(NCCNS(=O)(=O)c1ccccc1)NCC(C)c1ccccc1.I. The van der Waals surface area contributed by atoms with Gasteiger partial charge in [-0.25, -0.2) is 13.1 Å². The summed E-state index contributed by atoms with van der Waals surface area (Å²) in [6.07, 6.45) is 0. The monoisotopic (exact) mass is 502 g/mol. The minimum absolute atomic E-state index is 0. The van der Waals surface area contributed by atoms with Gasteiger partial charge in [-0.05, 0) is 23.6 Å². The predicted molar refractivity (Wildman–Crippen MR) is 121 cm³/mol. The highest BCUT2D eigenvalue weighted by molar-refractivity contribution is 14.0. The summed E-state index contributed by atoms with van der Waals surface area (Å²) in [5, 5.41) is 6.37. The number of benzene rings is 2. The van der Waals surface area contributed by atoms with Gasteiger partial charge in [-0.3, -0.25) is 4.99 Å². The molecule has 1 atom stereocenters. The Labute approximate surface area is 178 Å². The van der Waals surface area contributed by atoms with E-state index < -0.39 is 10.0 Å². The van der Waals surface area contributed by atoms with Crippen molar-refractivity contribution in [1.29, 1.82) is 0 Å². The highest BCUT2D eigenvalue weighted by Gasteiger charge is 2.12. The van der Waals surface area contributed by atoms with Crippen molar-refractivity contribution in [3.63, 3.8) is 0 Å². The van der Waals surface area contributed by atoms with Gasteiger partial charge in [-0.15, -0.1) is 24.0 Å². The van der Waals surface area contributed by atoms with Crippen molar-refractivity contribution < 1.29 is 8.42 Å². The van der Waals surface area contributed by atoms with Crippen LogP contribution in [0, 0.1) is 0 Å². The highest BCUT2D eigenvalue weighted by Crippen LogP contribution is 2.12. The van der Waals surface area contributed by atoms with Crippen molar-refractivity contribution in [2.24, 2.45) is 4.99 Å². The van der Waals surface area contributed by atoms with E-state index in [9.17, 15) is 8.42 Å². The zero-order valence-corrected chi connectivity index (χ0v) is 18.7. The third-order valence-electron chi connectivity index (χ3n) is 3.93. The molecule has 3 N–H and O–H groups in total. The first-order valence-corrected chi connectivity index (χ1v) is 10.1. The van der Waals surface area contributed by atoms with Gasteiger partial charge in [0.05, 0.1) is 4.90 Å². The van der Waals surface area contributed by atoms with E-state index in [1.54, 1.807) is 37.4 Å². The summed E-state index contributed by atoms with van der Waals surface area (Å²) in [7, 11) is -1.79. The molecule has 0 saturated carbocycles. The maximum atomic E-state index is 12.1. The van der Waals surface area contributed by atoms with Crippen LogP contribution in [0.3, 0.4) is 0 Å². The van der Waals surface area contributed by atoms with Gasteiger partial charge >= 0.3 is 0 Å². The van der Waals surface area contributed by atoms with Crippen LogP contribution in [0.2, 0.25) is 0 Å². The van der Waals surface area contributed by atoms with Crippen LogP contribution >= 0.6 is 24.0 Å². The normalized spacial score (nSPS) is 12.7. The van der Waals surface area contributed by atoms with Gasteiger partial charge < -0.3 is 10.6 Å². The molecule has 1 unspecified atom stereocenters. The maximum absolute atomic E-state index is 12.1. The number of halogens is 1. The average molecular weight is 502 g/mol.